The molecule has 1 saturated heterocycles. The van der Waals surface area contributed by atoms with Crippen LogP contribution in [0.3, 0.4) is 0 Å². The third-order valence-corrected chi connectivity index (χ3v) is 4.52. The minimum atomic E-state index is -0.316. The molecule has 1 heterocycles. The van der Waals surface area contributed by atoms with Crippen molar-refractivity contribution in [3.63, 3.8) is 0 Å². The molecule has 0 radical (unpaired) electrons. The first-order valence-corrected chi connectivity index (χ1v) is 8.33. The van der Waals surface area contributed by atoms with E-state index in [9.17, 15) is 9.18 Å². The Labute approximate surface area is 145 Å². The van der Waals surface area contributed by atoms with Gasteiger partial charge in [0.15, 0.2) is 0 Å². The number of halogens is 2. The first-order valence-electron chi connectivity index (χ1n) is 7.95. The van der Waals surface area contributed by atoms with Gasteiger partial charge in [-0.15, -0.1) is 0 Å². The van der Waals surface area contributed by atoms with Crippen molar-refractivity contribution in [2.75, 3.05) is 43.4 Å². The molecule has 3 rings (SSSR count). The number of anilines is 2. The average molecular weight is 349 g/mol. The maximum atomic E-state index is 14.4. The second-order valence-electron chi connectivity index (χ2n) is 6.07. The summed E-state index contributed by atoms with van der Waals surface area (Å²) in [5, 5.41) is 3.28. The summed E-state index contributed by atoms with van der Waals surface area (Å²) < 4.78 is 14.4. The molecule has 126 valence electrons. The molecule has 0 unspecified atom stereocenters. The molecule has 24 heavy (non-hydrogen) atoms. The zero-order chi connectivity index (χ0) is 17.1. The number of nitrogens with zero attached hydrogens (tertiary/aromatic N) is 1. The summed E-state index contributed by atoms with van der Waals surface area (Å²) in [5.74, 6) is -0.606. The Morgan fingerprint density at radius 2 is 1.83 bits per heavy atom. The van der Waals surface area contributed by atoms with Crippen LogP contribution >= 0.6 is 11.6 Å². The van der Waals surface area contributed by atoms with E-state index in [1.54, 1.807) is 36.4 Å². The van der Waals surface area contributed by atoms with Crippen LogP contribution in [0.25, 0.3) is 0 Å². The van der Waals surface area contributed by atoms with Gasteiger partial charge in [-0.2, -0.15) is 0 Å². The summed E-state index contributed by atoms with van der Waals surface area (Å²) >= 11 is 5.81. The summed E-state index contributed by atoms with van der Waals surface area (Å²) in [6, 6.07) is 11.4. The molecule has 0 aromatic heterocycles. The molecule has 0 bridgehead atoms. The SMILES string of the molecule is C[NH+]1CCN(c2ccc(NC(=O)c3ccc(Cl)cc3)cc2F)CC1. The normalized spacial score (nSPS) is 15.4. The number of carbonyl (C=O) groups is 1. The van der Waals surface area contributed by atoms with E-state index in [4.69, 9.17) is 11.6 Å². The number of piperazine rings is 1. The minimum Gasteiger partial charge on any atom is -0.358 e. The molecule has 0 saturated carbocycles. The van der Waals surface area contributed by atoms with Crippen LogP contribution in [-0.2, 0) is 0 Å². The third-order valence-electron chi connectivity index (χ3n) is 4.27. The van der Waals surface area contributed by atoms with Crippen molar-refractivity contribution in [1.29, 1.82) is 0 Å². The molecular weight excluding hydrogens is 329 g/mol. The molecule has 2 aromatic rings. The largest absolute Gasteiger partial charge is 0.358 e. The van der Waals surface area contributed by atoms with Crippen LogP contribution in [-0.4, -0.2) is 39.1 Å². The number of carbonyl (C=O) groups excluding carboxylic acids is 1. The van der Waals surface area contributed by atoms with Crippen molar-refractivity contribution in [3.05, 3.63) is 58.9 Å². The molecule has 6 heteroatoms. The molecule has 0 aliphatic carbocycles. The van der Waals surface area contributed by atoms with Crippen molar-refractivity contribution < 1.29 is 14.1 Å². The van der Waals surface area contributed by atoms with Gasteiger partial charge in [-0.1, -0.05) is 11.6 Å². The monoisotopic (exact) mass is 348 g/mol. The highest BCUT2D eigenvalue weighted by atomic mass is 35.5. The van der Waals surface area contributed by atoms with E-state index in [2.05, 4.69) is 12.4 Å². The number of benzene rings is 2. The Balaban J connectivity index is 1.70. The molecule has 1 aliphatic heterocycles. The fourth-order valence-corrected chi connectivity index (χ4v) is 2.90. The quantitative estimate of drug-likeness (QED) is 0.891. The van der Waals surface area contributed by atoms with Gasteiger partial charge in [0.05, 0.1) is 38.9 Å². The van der Waals surface area contributed by atoms with Gasteiger partial charge in [0.25, 0.3) is 5.91 Å². The highest BCUT2D eigenvalue weighted by Crippen LogP contribution is 2.23. The maximum Gasteiger partial charge on any atom is 0.255 e. The lowest BCUT2D eigenvalue weighted by molar-refractivity contribution is -0.880. The summed E-state index contributed by atoms with van der Waals surface area (Å²) in [6.45, 7) is 3.65. The smallest absolute Gasteiger partial charge is 0.255 e. The van der Waals surface area contributed by atoms with Gasteiger partial charge in [0, 0.05) is 16.3 Å². The van der Waals surface area contributed by atoms with Crippen LogP contribution in [0.5, 0.6) is 0 Å². The molecule has 2 aromatic carbocycles. The number of quaternary nitrogens is 1. The Morgan fingerprint density at radius 3 is 2.46 bits per heavy atom. The lowest BCUT2D eigenvalue weighted by atomic mass is 10.2. The molecular formula is C18H20ClFN3O+. The Kier molecular flexibility index (Phi) is 5.02. The van der Waals surface area contributed by atoms with Crippen LogP contribution < -0.4 is 15.1 Å². The van der Waals surface area contributed by atoms with E-state index in [1.165, 1.54) is 11.0 Å². The molecule has 1 aliphatic rings. The van der Waals surface area contributed by atoms with Crippen molar-refractivity contribution in [3.8, 4) is 0 Å². The molecule has 0 atom stereocenters. The molecule has 4 nitrogen and oxygen atoms in total. The third kappa shape index (κ3) is 3.86. The fourth-order valence-electron chi connectivity index (χ4n) is 2.77. The van der Waals surface area contributed by atoms with E-state index < -0.39 is 0 Å². The summed E-state index contributed by atoms with van der Waals surface area (Å²) in [6.07, 6.45) is 0. The number of likely N-dealkylation sites (N-methyl/N-ethyl adjacent to an activating group) is 1. The van der Waals surface area contributed by atoms with Gasteiger partial charge in [0.1, 0.15) is 5.82 Å². The number of hydrogen-bond acceptors (Lipinski definition) is 2. The van der Waals surface area contributed by atoms with Crippen LogP contribution in [0.4, 0.5) is 15.8 Å². The highest BCUT2D eigenvalue weighted by molar-refractivity contribution is 6.30. The number of rotatable bonds is 3. The van der Waals surface area contributed by atoms with Gasteiger partial charge in [-0.05, 0) is 42.5 Å². The lowest BCUT2D eigenvalue weighted by Gasteiger charge is -2.32. The zero-order valence-corrected chi connectivity index (χ0v) is 14.2. The minimum absolute atomic E-state index is 0.290. The van der Waals surface area contributed by atoms with E-state index in [0.717, 1.165) is 26.2 Å². The predicted molar refractivity (Wildman–Crippen MR) is 94.6 cm³/mol. The zero-order valence-electron chi connectivity index (χ0n) is 13.5. The first-order chi connectivity index (χ1) is 11.5. The molecule has 1 amide bonds. The van der Waals surface area contributed by atoms with Crippen molar-refractivity contribution >= 4 is 28.9 Å². The summed E-state index contributed by atoms with van der Waals surface area (Å²) in [4.78, 5) is 15.7. The summed E-state index contributed by atoms with van der Waals surface area (Å²) in [7, 11) is 2.14. The highest BCUT2D eigenvalue weighted by Gasteiger charge is 2.20. The Bertz CT molecular complexity index is 728. The van der Waals surface area contributed by atoms with E-state index in [0.29, 0.717) is 22.0 Å². The Morgan fingerprint density at radius 1 is 1.17 bits per heavy atom. The van der Waals surface area contributed by atoms with Crippen molar-refractivity contribution in [1.82, 2.24) is 0 Å². The molecule has 2 N–H and O–H groups in total. The fraction of sp³-hybridized carbons (Fsp3) is 0.278. The second-order valence-corrected chi connectivity index (χ2v) is 6.51. The predicted octanol–water partition coefficient (Wildman–Crippen LogP) is 2.07. The number of hydrogen-bond donors (Lipinski definition) is 2. The maximum absolute atomic E-state index is 14.4. The number of amides is 1. The van der Waals surface area contributed by atoms with Crippen molar-refractivity contribution in [2.24, 2.45) is 0 Å². The van der Waals surface area contributed by atoms with Gasteiger partial charge in [-0.3, -0.25) is 4.79 Å². The van der Waals surface area contributed by atoms with Crippen LogP contribution in [0.15, 0.2) is 42.5 Å². The van der Waals surface area contributed by atoms with Crippen LogP contribution in [0.1, 0.15) is 10.4 Å². The average Bonchev–Trinajstić information content (AvgIpc) is 2.57. The lowest BCUT2D eigenvalue weighted by Crippen LogP contribution is -3.12. The molecule has 0 spiro atoms. The van der Waals surface area contributed by atoms with Crippen molar-refractivity contribution in [2.45, 2.75) is 0 Å². The van der Waals surface area contributed by atoms with Gasteiger partial charge in [0.2, 0.25) is 0 Å². The number of nitrogens with one attached hydrogen (secondary N) is 2. The van der Waals surface area contributed by atoms with Gasteiger partial charge >= 0.3 is 0 Å². The second kappa shape index (κ2) is 7.20. The van der Waals surface area contributed by atoms with Gasteiger partial charge in [-0.25, -0.2) is 4.39 Å². The van der Waals surface area contributed by atoms with E-state index in [1.807, 2.05) is 4.90 Å². The summed E-state index contributed by atoms with van der Waals surface area (Å²) in [5.41, 5.74) is 1.51. The first kappa shape index (κ1) is 16.7. The van der Waals surface area contributed by atoms with E-state index in [-0.39, 0.29) is 11.7 Å². The van der Waals surface area contributed by atoms with Crippen LogP contribution in [0, 0.1) is 5.82 Å². The molecule has 1 fully saturated rings. The van der Waals surface area contributed by atoms with Gasteiger partial charge < -0.3 is 15.1 Å². The topological polar surface area (TPSA) is 36.8 Å². The van der Waals surface area contributed by atoms with E-state index >= 15 is 0 Å². The van der Waals surface area contributed by atoms with Crippen LogP contribution in [0.2, 0.25) is 5.02 Å². The standard InChI is InChI=1S/C18H19ClFN3O/c1-22-8-10-23(11-9-22)17-7-6-15(12-16(17)20)21-18(24)13-2-4-14(19)5-3-13/h2-7,12H,8-11H2,1H3,(H,21,24)/p+1. The Hall–Kier alpha value is -2.11.